The monoisotopic (exact) mass is 646 g/mol. The van der Waals surface area contributed by atoms with E-state index in [1.807, 2.05) is 0 Å². The maximum absolute atomic E-state index is 5.09. The van der Waals surface area contributed by atoms with Gasteiger partial charge in [-0.2, -0.15) is 0 Å². The van der Waals surface area contributed by atoms with E-state index in [4.69, 9.17) is 4.98 Å². The number of fused-ring (bicyclic) bond motifs is 4. The first kappa shape index (κ1) is 29.4. The summed E-state index contributed by atoms with van der Waals surface area (Å²) in [4.78, 5) is 7.51. The highest BCUT2D eigenvalue weighted by molar-refractivity contribution is 7.21. The number of hydrogen-bond acceptors (Lipinski definition) is 3. The van der Waals surface area contributed by atoms with Crippen molar-refractivity contribution in [2.45, 2.75) is 19.3 Å². The maximum Gasteiger partial charge on any atom is 0.124 e. The van der Waals surface area contributed by atoms with E-state index in [2.05, 4.69) is 189 Å². The molecule has 0 spiro atoms. The molecule has 0 fully saturated rings. The lowest BCUT2D eigenvalue weighted by Gasteiger charge is -2.29. The summed E-state index contributed by atoms with van der Waals surface area (Å²) < 4.78 is 1.16. The predicted molar refractivity (Wildman–Crippen MR) is 208 cm³/mol. The molecule has 9 rings (SSSR count). The van der Waals surface area contributed by atoms with E-state index in [1.165, 1.54) is 44.5 Å². The first-order valence-electron chi connectivity index (χ1n) is 16.8. The van der Waals surface area contributed by atoms with E-state index in [9.17, 15) is 0 Å². The smallest absolute Gasteiger partial charge is 0.124 e. The summed E-state index contributed by atoms with van der Waals surface area (Å²) in [6.07, 6.45) is 0. The molecule has 0 saturated heterocycles. The van der Waals surface area contributed by atoms with Crippen molar-refractivity contribution in [1.29, 1.82) is 0 Å². The summed E-state index contributed by atoms with van der Waals surface area (Å²) in [7, 11) is 0. The number of benzene rings is 7. The Labute approximate surface area is 291 Å². The lowest BCUT2D eigenvalue weighted by atomic mass is 9.82. The molecule has 0 N–H and O–H groups in total. The zero-order chi connectivity index (χ0) is 33.0. The Morgan fingerprint density at radius 3 is 1.82 bits per heavy atom. The molecule has 2 nitrogen and oxygen atoms in total. The molecule has 0 saturated carbocycles. The van der Waals surface area contributed by atoms with Crippen LogP contribution in [-0.2, 0) is 5.41 Å². The first-order valence-corrected chi connectivity index (χ1v) is 17.6. The van der Waals surface area contributed by atoms with Crippen molar-refractivity contribution in [3.05, 3.63) is 181 Å². The average molecular weight is 647 g/mol. The fourth-order valence-electron chi connectivity index (χ4n) is 7.40. The minimum Gasteiger partial charge on any atom is -0.310 e. The number of thiazole rings is 1. The predicted octanol–water partition coefficient (Wildman–Crippen LogP) is 13.1. The van der Waals surface area contributed by atoms with Crippen LogP contribution in [0.5, 0.6) is 0 Å². The van der Waals surface area contributed by atoms with Gasteiger partial charge in [0.25, 0.3) is 0 Å². The molecular formula is C46H34N2S. The summed E-state index contributed by atoms with van der Waals surface area (Å²) in [6.45, 7) is 4.70. The van der Waals surface area contributed by atoms with Gasteiger partial charge < -0.3 is 4.90 Å². The molecule has 1 aliphatic carbocycles. The van der Waals surface area contributed by atoms with Gasteiger partial charge in [-0.05, 0) is 75.3 Å². The molecule has 0 unspecified atom stereocenters. The number of para-hydroxylation sites is 1. The fourth-order valence-corrected chi connectivity index (χ4v) is 8.40. The number of hydrogen-bond donors (Lipinski definition) is 0. The van der Waals surface area contributed by atoms with Gasteiger partial charge in [0.05, 0.1) is 15.9 Å². The second-order valence-corrected chi connectivity index (χ2v) is 14.3. The Balaban J connectivity index is 1.17. The second-order valence-electron chi connectivity index (χ2n) is 13.2. The van der Waals surface area contributed by atoms with Gasteiger partial charge in [0, 0.05) is 27.9 Å². The van der Waals surface area contributed by atoms with Crippen LogP contribution in [0.4, 0.5) is 17.1 Å². The third kappa shape index (κ3) is 5.06. The van der Waals surface area contributed by atoms with Crippen molar-refractivity contribution in [2.24, 2.45) is 0 Å². The van der Waals surface area contributed by atoms with Crippen molar-refractivity contribution < 1.29 is 0 Å². The van der Waals surface area contributed by atoms with E-state index in [0.29, 0.717) is 0 Å². The van der Waals surface area contributed by atoms with E-state index in [1.54, 1.807) is 11.3 Å². The average Bonchev–Trinajstić information content (AvgIpc) is 3.69. The molecular weight excluding hydrogens is 613 g/mol. The van der Waals surface area contributed by atoms with Crippen molar-refractivity contribution in [3.63, 3.8) is 0 Å². The lowest BCUT2D eigenvalue weighted by molar-refractivity contribution is 0.660. The minimum atomic E-state index is -0.0981. The van der Waals surface area contributed by atoms with E-state index < -0.39 is 0 Å². The van der Waals surface area contributed by atoms with Crippen molar-refractivity contribution in [3.8, 4) is 44.0 Å². The van der Waals surface area contributed by atoms with Crippen molar-refractivity contribution in [1.82, 2.24) is 4.98 Å². The third-order valence-corrected chi connectivity index (χ3v) is 11.0. The molecule has 0 aliphatic heterocycles. The van der Waals surface area contributed by atoms with Gasteiger partial charge in [-0.15, -0.1) is 11.3 Å². The molecule has 1 heterocycles. The Morgan fingerprint density at radius 2 is 1.04 bits per heavy atom. The fraction of sp³-hybridized carbons (Fsp3) is 0.0652. The largest absolute Gasteiger partial charge is 0.310 e. The second kappa shape index (κ2) is 11.7. The van der Waals surface area contributed by atoms with Gasteiger partial charge in [-0.25, -0.2) is 4.98 Å². The quantitative estimate of drug-likeness (QED) is 0.179. The van der Waals surface area contributed by atoms with Crippen molar-refractivity contribution in [2.75, 3.05) is 4.90 Å². The van der Waals surface area contributed by atoms with Crippen LogP contribution in [0.15, 0.2) is 170 Å². The van der Waals surface area contributed by atoms with Gasteiger partial charge in [0.2, 0.25) is 0 Å². The van der Waals surface area contributed by atoms with Gasteiger partial charge in [-0.3, -0.25) is 0 Å². The summed E-state index contributed by atoms with van der Waals surface area (Å²) in [5, 5.41) is 1.03. The molecule has 234 valence electrons. The van der Waals surface area contributed by atoms with Crippen LogP contribution in [0.1, 0.15) is 25.0 Å². The number of anilines is 3. The Morgan fingerprint density at radius 1 is 0.469 bits per heavy atom. The van der Waals surface area contributed by atoms with Crippen LogP contribution in [0.25, 0.3) is 54.2 Å². The van der Waals surface area contributed by atoms with E-state index >= 15 is 0 Å². The summed E-state index contributed by atoms with van der Waals surface area (Å²) in [5.74, 6) is 0. The maximum atomic E-state index is 5.09. The van der Waals surface area contributed by atoms with Gasteiger partial charge in [0.15, 0.2) is 0 Å². The van der Waals surface area contributed by atoms with Crippen LogP contribution >= 0.6 is 11.3 Å². The van der Waals surface area contributed by atoms with Crippen LogP contribution in [0.2, 0.25) is 0 Å². The topological polar surface area (TPSA) is 16.1 Å². The number of aromatic nitrogens is 1. The summed E-state index contributed by atoms with van der Waals surface area (Å²) >= 11 is 1.75. The Bertz CT molecular complexity index is 2460. The van der Waals surface area contributed by atoms with E-state index in [-0.39, 0.29) is 5.41 Å². The molecule has 0 bridgehead atoms. The van der Waals surface area contributed by atoms with E-state index in [0.717, 1.165) is 37.8 Å². The molecule has 1 aromatic heterocycles. The SMILES string of the molecule is CC1(C)c2ccccc2-c2ccc(N(c3ccc4nc(-c5ccc(-c6ccccc6)cc5)sc4c3)c3ccccc3-c3ccccc3)cc21. The van der Waals surface area contributed by atoms with Gasteiger partial charge in [-0.1, -0.05) is 147 Å². The third-order valence-electron chi connectivity index (χ3n) is 9.92. The Hall–Kier alpha value is -5.77. The van der Waals surface area contributed by atoms with Crippen LogP contribution < -0.4 is 4.90 Å². The highest BCUT2D eigenvalue weighted by Gasteiger charge is 2.35. The molecule has 8 aromatic rings. The summed E-state index contributed by atoms with van der Waals surface area (Å²) in [6, 6.07) is 61.3. The molecule has 0 amide bonds. The lowest BCUT2D eigenvalue weighted by Crippen LogP contribution is -2.16. The first-order chi connectivity index (χ1) is 24.0. The molecule has 0 atom stereocenters. The standard InChI is InChI=1S/C46H34N2S/c1-46(2)40-19-11-9-18-38(40)39-27-25-35(29-41(39)46)48(43-20-12-10-17-37(43)33-15-7-4-8-16-33)36-26-28-42-44(30-36)49-45(47-42)34-23-21-32(22-24-34)31-13-5-3-6-14-31/h3-30H,1-2H3. The van der Waals surface area contributed by atoms with Crippen LogP contribution in [0, 0.1) is 0 Å². The van der Waals surface area contributed by atoms with Gasteiger partial charge >= 0.3 is 0 Å². The highest BCUT2D eigenvalue weighted by Crippen LogP contribution is 2.51. The molecule has 7 aromatic carbocycles. The number of nitrogens with zero attached hydrogens (tertiary/aromatic N) is 2. The highest BCUT2D eigenvalue weighted by atomic mass is 32.1. The van der Waals surface area contributed by atoms with Crippen LogP contribution in [-0.4, -0.2) is 4.98 Å². The zero-order valence-electron chi connectivity index (χ0n) is 27.5. The number of rotatable bonds is 6. The normalized spacial score (nSPS) is 12.9. The molecule has 1 aliphatic rings. The zero-order valence-corrected chi connectivity index (χ0v) is 28.3. The minimum absolute atomic E-state index is 0.0981. The van der Waals surface area contributed by atoms with Crippen LogP contribution in [0.3, 0.4) is 0 Å². The van der Waals surface area contributed by atoms with Crippen molar-refractivity contribution >= 4 is 38.6 Å². The molecule has 49 heavy (non-hydrogen) atoms. The summed E-state index contributed by atoms with van der Waals surface area (Å²) in [5.41, 5.74) is 15.6. The Kier molecular flexibility index (Phi) is 7.03. The molecule has 0 radical (unpaired) electrons. The van der Waals surface area contributed by atoms with Gasteiger partial charge in [0.1, 0.15) is 5.01 Å². The molecule has 3 heteroatoms.